The Morgan fingerprint density at radius 2 is 1.95 bits per heavy atom. The van der Waals surface area contributed by atoms with Gasteiger partial charge in [0.1, 0.15) is 0 Å². The van der Waals surface area contributed by atoms with E-state index in [0.717, 1.165) is 24.1 Å². The van der Waals surface area contributed by atoms with Gasteiger partial charge in [0, 0.05) is 18.8 Å². The Labute approximate surface area is 136 Å². The van der Waals surface area contributed by atoms with Crippen molar-refractivity contribution < 1.29 is 0 Å². The maximum atomic E-state index is 6.11. The molecule has 0 fully saturated rings. The van der Waals surface area contributed by atoms with E-state index in [1.807, 2.05) is 37.0 Å². The first kappa shape index (κ1) is 16.3. The number of aromatic nitrogens is 2. The Morgan fingerprint density at radius 1 is 1.24 bits per heavy atom. The van der Waals surface area contributed by atoms with Gasteiger partial charge in [-0.1, -0.05) is 29.3 Å². The zero-order valence-electron chi connectivity index (χ0n) is 12.9. The quantitative estimate of drug-likeness (QED) is 0.891. The Hall–Kier alpha value is -1.03. The number of nitrogens with zero attached hydrogens (tertiary/aromatic N) is 2. The summed E-state index contributed by atoms with van der Waals surface area (Å²) in [4.78, 5) is 0. The number of rotatable bonds is 5. The van der Waals surface area contributed by atoms with Crippen LogP contribution in [0, 0.1) is 13.8 Å². The molecule has 114 valence electrons. The van der Waals surface area contributed by atoms with Crippen LogP contribution in [0.2, 0.25) is 10.0 Å². The third-order valence-corrected chi connectivity index (χ3v) is 4.78. The van der Waals surface area contributed by atoms with Gasteiger partial charge in [-0.2, -0.15) is 5.10 Å². The van der Waals surface area contributed by atoms with Crippen molar-refractivity contribution in [1.82, 2.24) is 15.1 Å². The molecule has 21 heavy (non-hydrogen) atoms. The molecule has 5 heteroatoms. The first-order valence-electron chi connectivity index (χ1n) is 7.05. The SMILES string of the molecule is CNC(CCc1c(C)nn(C)c1C)c1ccc(Cl)c(Cl)c1. The molecule has 0 saturated heterocycles. The lowest BCUT2D eigenvalue weighted by Crippen LogP contribution is -2.17. The molecule has 1 N–H and O–H groups in total. The van der Waals surface area contributed by atoms with E-state index >= 15 is 0 Å². The number of hydrogen-bond donors (Lipinski definition) is 1. The first-order valence-corrected chi connectivity index (χ1v) is 7.81. The van der Waals surface area contributed by atoms with Gasteiger partial charge in [-0.05, 0) is 57.0 Å². The molecule has 0 radical (unpaired) electrons. The average molecular weight is 326 g/mol. The lowest BCUT2D eigenvalue weighted by atomic mass is 9.98. The predicted octanol–water partition coefficient (Wildman–Crippen LogP) is 4.24. The molecule has 2 aromatic rings. The maximum absolute atomic E-state index is 6.11. The highest BCUT2D eigenvalue weighted by molar-refractivity contribution is 6.42. The number of nitrogens with one attached hydrogen (secondary N) is 1. The van der Waals surface area contributed by atoms with Crippen molar-refractivity contribution in [3.05, 3.63) is 50.8 Å². The van der Waals surface area contributed by atoms with E-state index in [0.29, 0.717) is 10.0 Å². The fourth-order valence-corrected chi connectivity index (χ4v) is 2.98. The van der Waals surface area contributed by atoms with Crippen molar-refractivity contribution in [3.8, 4) is 0 Å². The largest absolute Gasteiger partial charge is 0.313 e. The third kappa shape index (κ3) is 3.60. The summed E-state index contributed by atoms with van der Waals surface area (Å²) in [5.74, 6) is 0. The van der Waals surface area contributed by atoms with Gasteiger partial charge in [-0.25, -0.2) is 0 Å². The van der Waals surface area contributed by atoms with Gasteiger partial charge in [-0.3, -0.25) is 4.68 Å². The van der Waals surface area contributed by atoms with E-state index in [-0.39, 0.29) is 6.04 Å². The highest BCUT2D eigenvalue weighted by atomic mass is 35.5. The molecule has 0 aliphatic carbocycles. The zero-order valence-corrected chi connectivity index (χ0v) is 14.4. The van der Waals surface area contributed by atoms with Crippen LogP contribution in [-0.4, -0.2) is 16.8 Å². The summed E-state index contributed by atoms with van der Waals surface area (Å²) < 4.78 is 1.94. The highest BCUT2D eigenvalue weighted by Gasteiger charge is 2.14. The van der Waals surface area contributed by atoms with Crippen LogP contribution in [0.15, 0.2) is 18.2 Å². The molecule has 0 aliphatic heterocycles. The second kappa shape index (κ2) is 6.82. The minimum absolute atomic E-state index is 0.249. The summed E-state index contributed by atoms with van der Waals surface area (Å²) in [6.45, 7) is 4.18. The van der Waals surface area contributed by atoms with Crippen molar-refractivity contribution in [2.45, 2.75) is 32.7 Å². The monoisotopic (exact) mass is 325 g/mol. The van der Waals surface area contributed by atoms with E-state index < -0.39 is 0 Å². The standard InChI is InChI=1S/C16H21Cl2N3/c1-10-13(11(2)21(4)20-10)6-8-16(19-3)12-5-7-14(17)15(18)9-12/h5,7,9,16,19H,6,8H2,1-4H3. The molecule has 3 nitrogen and oxygen atoms in total. The number of halogens is 2. The van der Waals surface area contributed by atoms with Gasteiger partial charge >= 0.3 is 0 Å². The Kier molecular flexibility index (Phi) is 5.31. The molecule has 1 unspecified atom stereocenters. The van der Waals surface area contributed by atoms with Crippen LogP contribution in [0.5, 0.6) is 0 Å². The molecule has 1 aromatic heterocycles. The number of hydrogen-bond acceptors (Lipinski definition) is 2. The summed E-state index contributed by atoms with van der Waals surface area (Å²) in [6, 6.07) is 6.06. The minimum Gasteiger partial charge on any atom is -0.313 e. The van der Waals surface area contributed by atoms with E-state index in [1.165, 1.54) is 11.3 Å². The molecule has 0 spiro atoms. The van der Waals surface area contributed by atoms with Crippen LogP contribution in [0.1, 0.15) is 35.0 Å². The summed E-state index contributed by atoms with van der Waals surface area (Å²) in [6.07, 6.45) is 1.97. The lowest BCUT2D eigenvalue weighted by molar-refractivity contribution is 0.548. The van der Waals surface area contributed by atoms with Gasteiger partial charge in [0.15, 0.2) is 0 Å². The van der Waals surface area contributed by atoms with Gasteiger partial charge < -0.3 is 5.32 Å². The summed E-state index contributed by atoms with van der Waals surface area (Å²) in [5, 5.41) is 9.01. The lowest BCUT2D eigenvalue weighted by Gasteiger charge is -2.17. The smallest absolute Gasteiger partial charge is 0.0628 e. The second-order valence-electron chi connectivity index (χ2n) is 5.33. The molecule has 2 rings (SSSR count). The summed E-state index contributed by atoms with van der Waals surface area (Å²) >= 11 is 12.1. The molecular formula is C16H21Cl2N3. The minimum atomic E-state index is 0.249. The van der Waals surface area contributed by atoms with E-state index in [2.05, 4.69) is 24.3 Å². The number of benzene rings is 1. The van der Waals surface area contributed by atoms with Gasteiger partial charge in [0.25, 0.3) is 0 Å². The van der Waals surface area contributed by atoms with Crippen molar-refractivity contribution >= 4 is 23.2 Å². The zero-order chi connectivity index (χ0) is 15.6. The number of aryl methyl sites for hydroxylation is 2. The van der Waals surface area contributed by atoms with Gasteiger partial charge in [0.05, 0.1) is 15.7 Å². The van der Waals surface area contributed by atoms with Crippen LogP contribution in [0.4, 0.5) is 0 Å². The van der Waals surface area contributed by atoms with Gasteiger partial charge in [0.2, 0.25) is 0 Å². The van der Waals surface area contributed by atoms with Crippen LogP contribution >= 0.6 is 23.2 Å². The van der Waals surface area contributed by atoms with Crippen LogP contribution in [0.25, 0.3) is 0 Å². The van der Waals surface area contributed by atoms with Crippen LogP contribution in [0.3, 0.4) is 0 Å². The van der Waals surface area contributed by atoms with Gasteiger partial charge in [-0.15, -0.1) is 0 Å². The summed E-state index contributed by atoms with van der Waals surface area (Å²) in [5.41, 5.74) is 4.83. The molecule has 1 heterocycles. The molecule has 0 bridgehead atoms. The Morgan fingerprint density at radius 3 is 2.48 bits per heavy atom. The van der Waals surface area contributed by atoms with E-state index in [4.69, 9.17) is 23.2 Å². The molecule has 0 aliphatic rings. The molecule has 1 aromatic carbocycles. The van der Waals surface area contributed by atoms with Crippen molar-refractivity contribution in [2.75, 3.05) is 7.05 Å². The molecule has 1 atom stereocenters. The predicted molar refractivity (Wildman–Crippen MR) is 89.3 cm³/mol. The van der Waals surface area contributed by atoms with Crippen molar-refractivity contribution in [1.29, 1.82) is 0 Å². The topological polar surface area (TPSA) is 29.9 Å². The fourth-order valence-electron chi connectivity index (χ4n) is 2.67. The molecule has 0 amide bonds. The average Bonchev–Trinajstić information content (AvgIpc) is 2.69. The maximum Gasteiger partial charge on any atom is 0.0628 e. The first-order chi connectivity index (χ1) is 9.93. The Balaban J connectivity index is 2.14. The van der Waals surface area contributed by atoms with E-state index in [9.17, 15) is 0 Å². The van der Waals surface area contributed by atoms with Crippen molar-refractivity contribution in [2.24, 2.45) is 7.05 Å². The molecule has 0 saturated carbocycles. The van der Waals surface area contributed by atoms with Crippen molar-refractivity contribution in [3.63, 3.8) is 0 Å². The van der Waals surface area contributed by atoms with Crippen LogP contribution in [-0.2, 0) is 13.5 Å². The normalized spacial score (nSPS) is 12.7. The fraction of sp³-hybridized carbons (Fsp3) is 0.438. The third-order valence-electron chi connectivity index (χ3n) is 4.04. The van der Waals surface area contributed by atoms with E-state index in [1.54, 1.807) is 0 Å². The molecular weight excluding hydrogens is 305 g/mol. The highest BCUT2D eigenvalue weighted by Crippen LogP contribution is 2.28. The summed E-state index contributed by atoms with van der Waals surface area (Å²) in [7, 11) is 3.95. The Bertz CT molecular complexity index is 635. The second-order valence-corrected chi connectivity index (χ2v) is 6.14. The van der Waals surface area contributed by atoms with Crippen LogP contribution < -0.4 is 5.32 Å².